The fraction of sp³-hybridized carbons (Fsp3) is 1.00. The van der Waals surface area contributed by atoms with Gasteiger partial charge in [-0.05, 0) is 58.5 Å². The Bertz CT molecular complexity index is 197. The van der Waals surface area contributed by atoms with E-state index in [0.717, 1.165) is 11.8 Å². The Kier molecular flexibility index (Phi) is 6.50. The van der Waals surface area contributed by atoms with Gasteiger partial charge in [0, 0.05) is 18.6 Å². The summed E-state index contributed by atoms with van der Waals surface area (Å²) in [4.78, 5) is 2.71. The molecule has 0 aromatic carbocycles. The summed E-state index contributed by atoms with van der Waals surface area (Å²) in [6.07, 6.45) is 4.05. The maximum Gasteiger partial charge on any atom is 0.00952 e. The van der Waals surface area contributed by atoms with Gasteiger partial charge in [0.05, 0.1) is 0 Å². The molecule has 0 radical (unpaired) electrons. The summed E-state index contributed by atoms with van der Waals surface area (Å²) in [5.74, 6) is 1.66. The molecule has 1 saturated heterocycles. The fourth-order valence-corrected chi connectivity index (χ4v) is 2.89. The van der Waals surface area contributed by atoms with E-state index in [4.69, 9.17) is 0 Å². The zero-order valence-electron chi connectivity index (χ0n) is 12.5. The fourth-order valence-electron chi connectivity index (χ4n) is 2.89. The Morgan fingerprint density at radius 3 is 2.41 bits per heavy atom. The van der Waals surface area contributed by atoms with Gasteiger partial charge in [0.25, 0.3) is 0 Å². The van der Waals surface area contributed by atoms with Crippen LogP contribution >= 0.6 is 0 Å². The first-order valence-electron chi connectivity index (χ1n) is 7.52. The largest absolute Gasteiger partial charge is 0.316 e. The molecule has 1 aliphatic heterocycles. The van der Waals surface area contributed by atoms with Gasteiger partial charge >= 0.3 is 0 Å². The van der Waals surface area contributed by atoms with Crippen LogP contribution in [0.3, 0.4) is 0 Å². The Labute approximate surface area is 108 Å². The average Bonchev–Trinajstić information content (AvgIpc) is 2.35. The lowest BCUT2D eigenvalue weighted by molar-refractivity contribution is 0.0943. The highest BCUT2D eigenvalue weighted by atomic mass is 15.2. The molecule has 102 valence electrons. The van der Waals surface area contributed by atoms with Gasteiger partial charge in [0.1, 0.15) is 0 Å². The first kappa shape index (κ1) is 15.0. The topological polar surface area (TPSA) is 15.3 Å². The molecule has 1 rings (SSSR count). The van der Waals surface area contributed by atoms with E-state index < -0.39 is 0 Å². The summed E-state index contributed by atoms with van der Waals surface area (Å²) in [5, 5.41) is 3.53. The van der Waals surface area contributed by atoms with Crippen LogP contribution in [0.1, 0.15) is 53.9 Å². The predicted octanol–water partition coefficient (Wildman–Crippen LogP) is 3.13. The second-order valence-corrected chi connectivity index (χ2v) is 6.13. The first-order chi connectivity index (χ1) is 8.06. The molecule has 1 fully saturated rings. The quantitative estimate of drug-likeness (QED) is 0.767. The molecular weight excluding hydrogens is 208 g/mol. The molecule has 3 atom stereocenters. The molecule has 1 heterocycles. The third-order valence-electron chi connectivity index (χ3n) is 4.52. The third kappa shape index (κ3) is 4.59. The summed E-state index contributed by atoms with van der Waals surface area (Å²) in [7, 11) is 0. The van der Waals surface area contributed by atoms with Crippen molar-refractivity contribution in [3.63, 3.8) is 0 Å². The number of hydrogen-bond donors (Lipinski definition) is 1. The van der Waals surface area contributed by atoms with E-state index in [1.54, 1.807) is 0 Å². The minimum Gasteiger partial charge on any atom is -0.316 e. The monoisotopic (exact) mass is 240 g/mol. The van der Waals surface area contributed by atoms with Crippen molar-refractivity contribution in [3.8, 4) is 0 Å². The van der Waals surface area contributed by atoms with Crippen LogP contribution in [0.15, 0.2) is 0 Å². The second-order valence-electron chi connectivity index (χ2n) is 6.13. The van der Waals surface area contributed by atoms with Crippen LogP contribution in [0.5, 0.6) is 0 Å². The van der Waals surface area contributed by atoms with Gasteiger partial charge in [-0.3, -0.25) is 4.90 Å². The van der Waals surface area contributed by atoms with Crippen molar-refractivity contribution in [1.29, 1.82) is 0 Å². The lowest BCUT2D eigenvalue weighted by atomic mass is 9.94. The van der Waals surface area contributed by atoms with Crippen LogP contribution in [0.4, 0.5) is 0 Å². The number of hydrogen-bond acceptors (Lipinski definition) is 2. The van der Waals surface area contributed by atoms with Gasteiger partial charge in [-0.15, -0.1) is 0 Å². The zero-order valence-corrected chi connectivity index (χ0v) is 12.5. The normalized spacial score (nSPS) is 25.2. The van der Waals surface area contributed by atoms with Crippen LogP contribution in [-0.4, -0.2) is 36.6 Å². The standard InChI is InChI=1S/C15H32N2/c1-6-13(4)14(5)17(12(2)3)11-15-8-7-9-16-10-15/h12-16H,6-11H2,1-5H3. The van der Waals surface area contributed by atoms with Crippen LogP contribution in [0.2, 0.25) is 0 Å². The minimum absolute atomic E-state index is 0.668. The first-order valence-corrected chi connectivity index (χ1v) is 7.52. The van der Waals surface area contributed by atoms with E-state index >= 15 is 0 Å². The smallest absolute Gasteiger partial charge is 0.00952 e. The summed E-state index contributed by atoms with van der Waals surface area (Å²) in [6, 6.07) is 1.38. The van der Waals surface area contributed by atoms with E-state index in [1.165, 1.54) is 38.9 Å². The van der Waals surface area contributed by atoms with E-state index in [9.17, 15) is 0 Å². The lowest BCUT2D eigenvalue weighted by Crippen LogP contribution is -2.47. The van der Waals surface area contributed by atoms with E-state index in [1.807, 2.05) is 0 Å². The maximum absolute atomic E-state index is 3.53. The van der Waals surface area contributed by atoms with Gasteiger partial charge in [-0.25, -0.2) is 0 Å². The van der Waals surface area contributed by atoms with Gasteiger partial charge < -0.3 is 5.32 Å². The van der Waals surface area contributed by atoms with Gasteiger partial charge in [-0.2, -0.15) is 0 Å². The number of rotatable bonds is 6. The highest BCUT2D eigenvalue weighted by molar-refractivity contribution is 4.80. The molecule has 0 amide bonds. The third-order valence-corrected chi connectivity index (χ3v) is 4.52. The molecule has 1 aliphatic rings. The molecule has 0 aliphatic carbocycles. The number of nitrogens with one attached hydrogen (secondary N) is 1. The van der Waals surface area contributed by atoms with Crippen LogP contribution < -0.4 is 5.32 Å². The Morgan fingerprint density at radius 1 is 1.24 bits per heavy atom. The van der Waals surface area contributed by atoms with E-state index in [0.29, 0.717) is 12.1 Å². The molecule has 1 N–H and O–H groups in total. The van der Waals surface area contributed by atoms with Crippen molar-refractivity contribution in [1.82, 2.24) is 10.2 Å². The molecule has 0 aromatic heterocycles. The molecule has 2 heteroatoms. The lowest BCUT2D eigenvalue weighted by Gasteiger charge is -2.39. The van der Waals surface area contributed by atoms with Crippen LogP contribution in [-0.2, 0) is 0 Å². The Hall–Kier alpha value is -0.0800. The molecule has 3 unspecified atom stereocenters. The zero-order chi connectivity index (χ0) is 12.8. The van der Waals surface area contributed by atoms with Gasteiger partial charge in [0.15, 0.2) is 0 Å². The van der Waals surface area contributed by atoms with Crippen LogP contribution in [0, 0.1) is 11.8 Å². The Morgan fingerprint density at radius 2 is 1.94 bits per heavy atom. The molecule has 0 spiro atoms. The second kappa shape index (κ2) is 7.38. The van der Waals surface area contributed by atoms with Crippen molar-refractivity contribution in [2.45, 2.75) is 66.0 Å². The maximum atomic E-state index is 3.53. The Balaban J connectivity index is 2.52. The SMILES string of the molecule is CCC(C)C(C)N(CC1CCCNC1)C(C)C. The molecule has 17 heavy (non-hydrogen) atoms. The highest BCUT2D eigenvalue weighted by Crippen LogP contribution is 2.20. The predicted molar refractivity (Wildman–Crippen MR) is 76.4 cm³/mol. The summed E-state index contributed by atoms with van der Waals surface area (Å²) >= 11 is 0. The molecule has 0 aromatic rings. The van der Waals surface area contributed by atoms with E-state index in [2.05, 4.69) is 44.8 Å². The van der Waals surface area contributed by atoms with E-state index in [-0.39, 0.29) is 0 Å². The highest BCUT2D eigenvalue weighted by Gasteiger charge is 2.25. The van der Waals surface area contributed by atoms with Crippen molar-refractivity contribution in [2.24, 2.45) is 11.8 Å². The van der Waals surface area contributed by atoms with Crippen molar-refractivity contribution in [2.75, 3.05) is 19.6 Å². The van der Waals surface area contributed by atoms with Crippen molar-refractivity contribution < 1.29 is 0 Å². The molecular formula is C15H32N2. The molecule has 0 bridgehead atoms. The number of nitrogens with zero attached hydrogens (tertiary/aromatic N) is 1. The van der Waals surface area contributed by atoms with Crippen molar-refractivity contribution in [3.05, 3.63) is 0 Å². The van der Waals surface area contributed by atoms with Crippen LogP contribution in [0.25, 0.3) is 0 Å². The average molecular weight is 240 g/mol. The number of piperidine rings is 1. The van der Waals surface area contributed by atoms with Gasteiger partial charge in [-0.1, -0.05) is 20.3 Å². The minimum atomic E-state index is 0.668. The van der Waals surface area contributed by atoms with Crippen molar-refractivity contribution >= 4 is 0 Å². The summed E-state index contributed by atoms with van der Waals surface area (Å²) in [5.41, 5.74) is 0. The summed E-state index contributed by atoms with van der Waals surface area (Å²) in [6.45, 7) is 15.5. The molecule has 0 saturated carbocycles. The van der Waals surface area contributed by atoms with Gasteiger partial charge in [0.2, 0.25) is 0 Å². The molecule has 2 nitrogen and oxygen atoms in total. The summed E-state index contributed by atoms with van der Waals surface area (Å²) < 4.78 is 0.